The van der Waals surface area contributed by atoms with Gasteiger partial charge in [-0.3, -0.25) is 14.4 Å². The standard InChI is InChI=1S/C34H23FN2O6/c1-19-10-12-26-22(14-19)30(38)29-31(43-26)32(39)37(16-20-11-13-27-28(15-20)42-18-41-27)34(29)23-7-3-5-9-25(23)36(33(34)40)17-21-6-2-4-8-24(21)35/h2-15H,16-18H2,1H3/t34-/m1/s1. The lowest BCUT2D eigenvalue weighted by Gasteiger charge is -2.34. The number of carbonyl (C=O) groups is 2. The molecule has 0 fully saturated rings. The van der Waals surface area contributed by atoms with Crippen molar-refractivity contribution in [3.8, 4) is 11.5 Å². The molecule has 0 saturated heterocycles. The Balaban J connectivity index is 1.39. The van der Waals surface area contributed by atoms with E-state index < -0.39 is 28.6 Å². The van der Waals surface area contributed by atoms with Crippen LogP contribution < -0.4 is 19.8 Å². The number of carbonyl (C=O) groups excluding carboxylic acids is 2. The van der Waals surface area contributed by atoms with E-state index >= 15 is 0 Å². The Bertz CT molecular complexity index is 2090. The molecule has 0 saturated carbocycles. The number of fused-ring (bicyclic) bond motifs is 6. The quantitative estimate of drug-likeness (QED) is 0.285. The molecule has 4 heterocycles. The van der Waals surface area contributed by atoms with E-state index in [1.54, 1.807) is 78.9 Å². The maximum Gasteiger partial charge on any atom is 0.291 e. The molecule has 3 aliphatic heterocycles. The van der Waals surface area contributed by atoms with Crippen molar-refractivity contribution in [2.24, 2.45) is 0 Å². The van der Waals surface area contributed by atoms with Gasteiger partial charge in [0.2, 0.25) is 12.6 Å². The lowest BCUT2D eigenvalue weighted by molar-refractivity contribution is -0.126. The summed E-state index contributed by atoms with van der Waals surface area (Å²) in [5, 5.41) is 0.272. The van der Waals surface area contributed by atoms with Crippen molar-refractivity contribution in [2.45, 2.75) is 25.6 Å². The van der Waals surface area contributed by atoms with Gasteiger partial charge in [0.25, 0.3) is 11.8 Å². The second-order valence-corrected chi connectivity index (χ2v) is 10.9. The largest absolute Gasteiger partial charge is 0.454 e. The van der Waals surface area contributed by atoms with Crippen LogP contribution in [0.15, 0.2) is 94.1 Å². The number of para-hydroxylation sites is 1. The van der Waals surface area contributed by atoms with Crippen LogP contribution >= 0.6 is 0 Å². The second-order valence-electron chi connectivity index (χ2n) is 10.9. The van der Waals surface area contributed by atoms with Crippen LogP contribution in [0.25, 0.3) is 11.0 Å². The minimum Gasteiger partial charge on any atom is -0.454 e. The summed E-state index contributed by atoms with van der Waals surface area (Å²) in [4.78, 5) is 46.5. The maximum atomic E-state index is 14.9. The fourth-order valence-corrected chi connectivity index (χ4v) is 6.50. The van der Waals surface area contributed by atoms with Crippen molar-refractivity contribution in [1.82, 2.24) is 4.90 Å². The predicted octanol–water partition coefficient (Wildman–Crippen LogP) is 5.42. The zero-order valence-corrected chi connectivity index (χ0v) is 22.9. The van der Waals surface area contributed by atoms with Gasteiger partial charge in [-0.05, 0) is 48.9 Å². The Morgan fingerprint density at radius 2 is 1.65 bits per heavy atom. The number of rotatable bonds is 4. The number of nitrogens with zero attached hydrogens (tertiary/aromatic N) is 2. The monoisotopic (exact) mass is 574 g/mol. The van der Waals surface area contributed by atoms with Crippen LogP contribution in [0.2, 0.25) is 0 Å². The zero-order chi connectivity index (χ0) is 29.5. The van der Waals surface area contributed by atoms with E-state index in [9.17, 15) is 18.8 Å². The summed E-state index contributed by atoms with van der Waals surface area (Å²) in [5.41, 5.74) is 0.635. The molecule has 1 spiro atoms. The van der Waals surface area contributed by atoms with Crippen LogP contribution in [-0.4, -0.2) is 23.5 Å². The number of ether oxygens (including phenoxy) is 2. The van der Waals surface area contributed by atoms with Crippen LogP contribution in [0.1, 0.15) is 38.4 Å². The number of hydrogen-bond acceptors (Lipinski definition) is 6. The lowest BCUT2D eigenvalue weighted by Crippen LogP contribution is -2.53. The van der Waals surface area contributed by atoms with E-state index in [1.165, 1.54) is 15.9 Å². The van der Waals surface area contributed by atoms with Crippen molar-refractivity contribution in [2.75, 3.05) is 11.7 Å². The first-order valence-electron chi connectivity index (χ1n) is 13.8. The third-order valence-electron chi connectivity index (χ3n) is 8.46. The Morgan fingerprint density at radius 3 is 2.51 bits per heavy atom. The van der Waals surface area contributed by atoms with Gasteiger partial charge in [-0.25, -0.2) is 4.39 Å². The third-order valence-corrected chi connectivity index (χ3v) is 8.46. The number of hydrogen-bond donors (Lipinski definition) is 0. The number of aryl methyl sites for hydroxylation is 1. The molecule has 4 aromatic carbocycles. The normalized spacial score (nSPS) is 18.2. The fraction of sp³-hybridized carbons (Fsp3) is 0.147. The molecule has 2 amide bonds. The van der Waals surface area contributed by atoms with Gasteiger partial charge in [0, 0.05) is 17.7 Å². The minimum atomic E-state index is -1.84. The van der Waals surface area contributed by atoms with Gasteiger partial charge in [-0.15, -0.1) is 0 Å². The average molecular weight is 575 g/mol. The van der Waals surface area contributed by atoms with Crippen LogP contribution in [0, 0.1) is 12.7 Å². The number of benzene rings is 4. The molecule has 8 nitrogen and oxygen atoms in total. The summed E-state index contributed by atoms with van der Waals surface area (Å²) < 4.78 is 32.0. The highest BCUT2D eigenvalue weighted by Gasteiger charge is 2.65. The summed E-state index contributed by atoms with van der Waals surface area (Å²) in [5.74, 6) is -0.683. The molecule has 8 rings (SSSR count). The molecule has 0 aliphatic carbocycles. The summed E-state index contributed by atoms with van der Waals surface area (Å²) in [6.07, 6.45) is 0. The van der Waals surface area contributed by atoms with Crippen molar-refractivity contribution >= 4 is 28.5 Å². The summed E-state index contributed by atoms with van der Waals surface area (Å²) in [6.45, 7) is 1.80. The first kappa shape index (κ1) is 25.3. The SMILES string of the molecule is Cc1ccc2oc3c(c(=O)c2c1)[C@]1(C(=O)N(Cc2ccccc2F)c2ccccc21)N(Cc1ccc2c(c1)OCO2)C3=O. The molecule has 3 aliphatic rings. The number of amides is 2. The highest BCUT2D eigenvalue weighted by atomic mass is 19.1. The van der Waals surface area contributed by atoms with Crippen molar-refractivity contribution in [1.29, 1.82) is 0 Å². The van der Waals surface area contributed by atoms with Gasteiger partial charge < -0.3 is 23.7 Å². The van der Waals surface area contributed by atoms with Gasteiger partial charge in [-0.2, -0.15) is 0 Å². The van der Waals surface area contributed by atoms with Crippen molar-refractivity contribution in [3.05, 3.63) is 135 Å². The Labute approximate surface area is 244 Å². The highest BCUT2D eigenvalue weighted by Crippen LogP contribution is 2.53. The molecule has 5 aromatic rings. The van der Waals surface area contributed by atoms with E-state index in [1.807, 2.05) is 6.92 Å². The first-order chi connectivity index (χ1) is 20.9. The zero-order valence-electron chi connectivity index (χ0n) is 22.9. The Morgan fingerprint density at radius 1 is 0.860 bits per heavy atom. The van der Waals surface area contributed by atoms with Crippen LogP contribution in [0.4, 0.5) is 10.1 Å². The van der Waals surface area contributed by atoms with E-state index in [4.69, 9.17) is 13.9 Å². The molecule has 1 aromatic heterocycles. The molecule has 0 bridgehead atoms. The van der Waals surface area contributed by atoms with E-state index in [-0.39, 0.29) is 42.2 Å². The lowest BCUT2D eigenvalue weighted by atomic mass is 9.83. The smallest absolute Gasteiger partial charge is 0.291 e. The molecule has 9 heteroatoms. The van der Waals surface area contributed by atoms with Crippen molar-refractivity contribution in [3.63, 3.8) is 0 Å². The molecular weight excluding hydrogens is 551 g/mol. The molecule has 43 heavy (non-hydrogen) atoms. The van der Waals surface area contributed by atoms with Gasteiger partial charge in [0.05, 0.1) is 23.2 Å². The Hall–Kier alpha value is -5.44. The molecule has 212 valence electrons. The second kappa shape index (κ2) is 9.03. The molecular formula is C34H23FN2O6. The molecule has 0 radical (unpaired) electrons. The minimum absolute atomic E-state index is 0.0372. The summed E-state index contributed by atoms with van der Waals surface area (Å²) in [6, 6.07) is 23.7. The maximum absolute atomic E-state index is 14.9. The van der Waals surface area contributed by atoms with Crippen LogP contribution in [-0.2, 0) is 23.4 Å². The van der Waals surface area contributed by atoms with E-state index in [0.717, 1.165) is 5.56 Å². The van der Waals surface area contributed by atoms with Gasteiger partial charge >= 0.3 is 0 Å². The topological polar surface area (TPSA) is 89.3 Å². The number of halogens is 1. The first-order valence-corrected chi connectivity index (χ1v) is 13.8. The van der Waals surface area contributed by atoms with Crippen molar-refractivity contribution < 1.29 is 27.9 Å². The van der Waals surface area contributed by atoms with Crippen LogP contribution in [0.5, 0.6) is 11.5 Å². The Kier molecular flexibility index (Phi) is 5.31. The molecule has 1 atom stereocenters. The molecule has 0 unspecified atom stereocenters. The number of anilines is 1. The predicted molar refractivity (Wildman–Crippen MR) is 154 cm³/mol. The summed E-state index contributed by atoms with van der Waals surface area (Å²) >= 11 is 0. The molecule has 0 N–H and O–H groups in total. The average Bonchev–Trinajstić information content (AvgIpc) is 3.65. The highest BCUT2D eigenvalue weighted by molar-refractivity contribution is 6.17. The van der Waals surface area contributed by atoms with Gasteiger partial charge in [-0.1, -0.05) is 54.1 Å². The fourth-order valence-electron chi connectivity index (χ4n) is 6.50. The van der Waals surface area contributed by atoms with Crippen LogP contribution in [0.3, 0.4) is 0 Å². The van der Waals surface area contributed by atoms with E-state index in [2.05, 4.69) is 0 Å². The van der Waals surface area contributed by atoms with E-state index in [0.29, 0.717) is 33.9 Å². The van der Waals surface area contributed by atoms with Gasteiger partial charge in [0.15, 0.2) is 22.5 Å². The third kappa shape index (κ3) is 3.45. The summed E-state index contributed by atoms with van der Waals surface area (Å²) in [7, 11) is 0. The van der Waals surface area contributed by atoms with Gasteiger partial charge in [0.1, 0.15) is 11.4 Å².